The van der Waals surface area contributed by atoms with Crippen molar-refractivity contribution in [1.82, 2.24) is 0 Å². The quantitative estimate of drug-likeness (QED) is 0.390. The number of hydrogen-bond donors (Lipinski definition) is 0. The van der Waals surface area contributed by atoms with E-state index in [1.807, 2.05) is 12.1 Å². The second-order valence-electron chi connectivity index (χ2n) is 5.98. The molecule has 0 aliphatic carbocycles. The number of unbranched alkanes of at least 4 members (excludes halogenated alkanes) is 5. The summed E-state index contributed by atoms with van der Waals surface area (Å²) >= 11 is 0. The maximum absolute atomic E-state index is 11.7. The van der Waals surface area contributed by atoms with Crippen molar-refractivity contribution < 1.29 is 19.1 Å². The van der Waals surface area contributed by atoms with Gasteiger partial charge in [-0.05, 0) is 37.1 Å². The number of benzene rings is 2. The van der Waals surface area contributed by atoms with Crippen LogP contribution < -0.4 is 0 Å². The molecule has 0 aromatic heterocycles. The summed E-state index contributed by atoms with van der Waals surface area (Å²) < 4.78 is 9.78. The number of ether oxygens (including phenoxy) is 2. The van der Waals surface area contributed by atoms with Gasteiger partial charge in [0.05, 0.1) is 11.1 Å². The molecule has 0 amide bonds. The number of esters is 2. The highest BCUT2D eigenvalue weighted by molar-refractivity contribution is 5.90. The van der Waals surface area contributed by atoms with Gasteiger partial charge in [0, 0.05) is 12.8 Å². The van der Waals surface area contributed by atoms with E-state index in [1.165, 1.54) is 0 Å². The fourth-order valence-corrected chi connectivity index (χ4v) is 2.31. The van der Waals surface area contributed by atoms with Crippen LogP contribution in [0.4, 0.5) is 0 Å². The average molecular weight is 374 g/mol. The zero-order valence-electron chi connectivity index (χ0n) is 15.6. The van der Waals surface area contributed by atoms with Crippen molar-refractivity contribution in [2.24, 2.45) is 0 Å². The molecule has 2 rings (SSSR count). The van der Waals surface area contributed by atoms with Crippen LogP contribution in [-0.2, 0) is 9.47 Å². The molecule has 28 heavy (non-hydrogen) atoms. The molecule has 0 bridgehead atoms. The van der Waals surface area contributed by atoms with Gasteiger partial charge in [-0.3, -0.25) is 0 Å². The molecule has 0 aliphatic rings. The van der Waals surface area contributed by atoms with E-state index < -0.39 is 11.9 Å². The van der Waals surface area contributed by atoms with Crippen molar-refractivity contribution >= 4 is 11.9 Å². The summed E-state index contributed by atoms with van der Waals surface area (Å²) in [6.45, 7) is 0. The Bertz CT molecular complexity index is 789. The molecule has 0 aliphatic heterocycles. The number of carbonyl (C=O) groups is 2. The molecular formula is C24H22O4. The first kappa shape index (κ1) is 20.8. The zero-order chi connectivity index (χ0) is 19.9. The van der Waals surface area contributed by atoms with Gasteiger partial charge in [-0.1, -0.05) is 61.1 Å². The average Bonchev–Trinajstić information content (AvgIpc) is 2.75. The van der Waals surface area contributed by atoms with E-state index in [0.29, 0.717) is 24.0 Å². The topological polar surface area (TPSA) is 52.6 Å². The van der Waals surface area contributed by atoms with Crippen LogP contribution in [0.3, 0.4) is 0 Å². The van der Waals surface area contributed by atoms with Gasteiger partial charge < -0.3 is 9.47 Å². The monoisotopic (exact) mass is 374 g/mol. The minimum absolute atomic E-state index is 0.431. The molecule has 0 atom stereocenters. The Kier molecular flexibility index (Phi) is 9.50. The second kappa shape index (κ2) is 12.8. The smallest absolute Gasteiger partial charge is 0.352 e. The van der Waals surface area contributed by atoms with Gasteiger partial charge >= 0.3 is 11.9 Å². The van der Waals surface area contributed by atoms with Gasteiger partial charge in [0.1, 0.15) is 12.2 Å². The van der Waals surface area contributed by atoms with Gasteiger partial charge in [0.2, 0.25) is 0 Å². The van der Waals surface area contributed by atoms with E-state index in [4.69, 9.17) is 9.47 Å². The molecule has 0 saturated carbocycles. The molecule has 0 N–H and O–H groups in total. The van der Waals surface area contributed by atoms with Crippen LogP contribution >= 0.6 is 0 Å². The maximum Gasteiger partial charge on any atom is 0.352 e. The molecule has 0 radical (unpaired) electrons. The van der Waals surface area contributed by atoms with Gasteiger partial charge in [-0.15, -0.1) is 0 Å². The van der Waals surface area contributed by atoms with Crippen LogP contribution in [0.15, 0.2) is 60.7 Å². The molecule has 0 spiro atoms. The first-order valence-corrected chi connectivity index (χ1v) is 9.25. The third-order valence-corrected chi connectivity index (χ3v) is 3.80. The van der Waals surface area contributed by atoms with Gasteiger partial charge in [-0.25, -0.2) is 9.59 Å². The largest absolute Gasteiger partial charge is 0.369 e. The summed E-state index contributed by atoms with van der Waals surface area (Å²) in [6.07, 6.45) is 10.2. The molecule has 4 heteroatoms. The molecule has 0 heterocycles. The van der Waals surface area contributed by atoms with Gasteiger partial charge in [0.25, 0.3) is 0 Å². The Labute approximate surface area is 165 Å². The van der Waals surface area contributed by atoms with Crippen LogP contribution in [-0.4, -0.2) is 11.9 Å². The molecular weight excluding hydrogens is 352 g/mol. The van der Waals surface area contributed by atoms with Crippen molar-refractivity contribution in [2.45, 2.75) is 38.5 Å². The van der Waals surface area contributed by atoms with Crippen LogP contribution in [0.25, 0.3) is 0 Å². The first-order valence-electron chi connectivity index (χ1n) is 9.25. The summed E-state index contributed by atoms with van der Waals surface area (Å²) in [5.41, 5.74) is 0.986. The Morgan fingerprint density at radius 3 is 1.39 bits per heavy atom. The summed E-state index contributed by atoms with van der Waals surface area (Å²) in [5, 5.41) is 0. The van der Waals surface area contributed by atoms with Crippen molar-refractivity contribution in [1.29, 1.82) is 0 Å². The van der Waals surface area contributed by atoms with Crippen molar-refractivity contribution in [3.8, 4) is 24.1 Å². The molecule has 0 fully saturated rings. The number of hydrogen-bond acceptors (Lipinski definition) is 4. The fourth-order valence-electron chi connectivity index (χ4n) is 2.31. The lowest BCUT2D eigenvalue weighted by Crippen LogP contribution is -1.99. The Morgan fingerprint density at radius 2 is 1.00 bits per heavy atom. The molecule has 142 valence electrons. The predicted molar refractivity (Wildman–Crippen MR) is 107 cm³/mol. The van der Waals surface area contributed by atoms with Crippen molar-refractivity contribution in [3.05, 3.63) is 71.8 Å². The van der Waals surface area contributed by atoms with E-state index in [1.54, 1.807) is 48.5 Å². The normalized spacial score (nSPS) is 9.29. The summed E-state index contributed by atoms with van der Waals surface area (Å²) in [7, 11) is 0. The third-order valence-electron chi connectivity index (χ3n) is 3.80. The van der Waals surface area contributed by atoms with Crippen molar-refractivity contribution in [3.63, 3.8) is 0 Å². The van der Waals surface area contributed by atoms with Crippen LogP contribution in [0.2, 0.25) is 0 Å². The lowest BCUT2D eigenvalue weighted by Gasteiger charge is -1.96. The lowest BCUT2D eigenvalue weighted by atomic mass is 10.1. The Balaban J connectivity index is 1.48. The molecule has 2 aromatic rings. The highest BCUT2D eigenvalue weighted by Gasteiger charge is 2.04. The highest BCUT2D eigenvalue weighted by Crippen LogP contribution is 2.05. The van der Waals surface area contributed by atoms with Gasteiger partial charge in [-0.2, -0.15) is 0 Å². The Hall–Kier alpha value is -3.50. The van der Waals surface area contributed by atoms with Crippen LogP contribution in [0.5, 0.6) is 0 Å². The minimum atomic E-state index is -0.431. The van der Waals surface area contributed by atoms with Crippen LogP contribution in [0.1, 0.15) is 59.2 Å². The fraction of sp³-hybridized carbons (Fsp3) is 0.250. The minimum Gasteiger partial charge on any atom is -0.369 e. The lowest BCUT2D eigenvalue weighted by molar-refractivity contribution is 0.0681. The molecule has 0 unspecified atom stereocenters. The highest BCUT2D eigenvalue weighted by atomic mass is 16.5. The molecule has 2 aromatic carbocycles. The van der Waals surface area contributed by atoms with E-state index in [2.05, 4.69) is 24.1 Å². The van der Waals surface area contributed by atoms with E-state index in [9.17, 15) is 9.59 Å². The van der Waals surface area contributed by atoms with Crippen molar-refractivity contribution in [2.75, 3.05) is 0 Å². The maximum atomic E-state index is 11.7. The van der Waals surface area contributed by atoms with E-state index in [-0.39, 0.29) is 0 Å². The standard InChI is InChI=1S/C24H22O4/c25-23(21-15-9-7-10-16-21)27-19-13-5-3-1-2-4-6-14-20-28-24(26)22-17-11-8-12-18-22/h7-12,15-18H,1-6H2. The second-order valence-corrected chi connectivity index (χ2v) is 5.98. The van der Waals surface area contributed by atoms with E-state index >= 15 is 0 Å². The molecule has 4 nitrogen and oxygen atoms in total. The van der Waals surface area contributed by atoms with Gasteiger partial charge in [0.15, 0.2) is 0 Å². The summed E-state index contributed by atoms with van der Waals surface area (Å²) in [6, 6.07) is 17.6. The SMILES string of the molecule is O=C(OC#CCCCCCCC#COC(=O)c1ccccc1)c1ccccc1. The first-order chi connectivity index (χ1) is 13.8. The summed E-state index contributed by atoms with van der Waals surface area (Å²) in [5.74, 6) is 4.83. The Morgan fingerprint density at radius 1 is 0.607 bits per heavy atom. The van der Waals surface area contributed by atoms with Crippen LogP contribution in [0, 0.1) is 24.1 Å². The molecule has 0 saturated heterocycles. The number of rotatable bonds is 7. The zero-order valence-corrected chi connectivity index (χ0v) is 15.6. The predicted octanol–water partition coefficient (Wildman–Crippen LogP) is 4.96. The number of carbonyl (C=O) groups excluding carboxylic acids is 2. The summed E-state index contributed by atoms with van der Waals surface area (Å²) in [4.78, 5) is 23.3. The van der Waals surface area contributed by atoms with E-state index in [0.717, 1.165) is 25.7 Å². The third kappa shape index (κ3) is 8.25.